The first-order valence-electron chi connectivity index (χ1n) is 7.27. The average molecular weight is 308 g/mol. The third kappa shape index (κ3) is 5.28. The van der Waals surface area contributed by atoms with Crippen molar-refractivity contribution < 1.29 is 0 Å². The fourth-order valence-electron chi connectivity index (χ4n) is 2.31. The molecule has 1 nitrogen and oxygen atoms in total. The van der Waals surface area contributed by atoms with Crippen molar-refractivity contribution in [1.82, 2.24) is 5.32 Å². The molecule has 0 radical (unpaired) electrons. The standard InChI is InChI=1S/C17H22ClNS/c1-2-10-19-17(8-5-15-9-11-20-13-15)12-14-3-6-16(18)7-4-14/h3-4,6-7,9,11,13,17,19H,2,5,8,10,12H2,1H3. The van der Waals surface area contributed by atoms with Crippen molar-refractivity contribution >= 4 is 22.9 Å². The van der Waals surface area contributed by atoms with Gasteiger partial charge < -0.3 is 5.32 Å². The zero-order chi connectivity index (χ0) is 14.2. The van der Waals surface area contributed by atoms with Gasteiger partial charge in [0.25, 0.3) is 0 Å². The Morgan fingerprint density at radius 3 is 2.60 bits per heavy atom. The minimum absolute atomic E-state index is 0.538. The molecule has 0 saturated heterocycles. The van der Waals surface area contributed by atoms with Gasteiger partial charge in [-0.3, -0.25) is 0 Å². The van der Waals surface area contributed by atoms with Crippen molar-refractivity contribution in [2.45, 2.75) is 38.6 Å². The molecule has 0 aliphatic rings. The first-order valence-corrected chi connectivity index (χ1v) is 8.59. The van der Waals surface area contributed by atoms with Crippen molar-refractivity contribution in [2.24, 2.45) is 0 Å². The highest BCUT2D eigenvalue weighted by Gasteiger charge is 2.09. The number of benzene rings is 1. The molecule has 0 aliphatic heterocycles. The van der Waals surface area contributed by atoms with Gasteiger partial charge in [0, 0.05) is 11.1 Å². The van der Waals surface area contributed by atoms with Gasteiger partial charge in [0.05, 0.1) is 0 Å². The van der Waals surface area contributed by atoms with Crippen LogP contribution in [0.5, 0.6) is 0 Å². The Balaban J connectivity index is 1.90. The summed E-state index contributed by atoms with van der Waals surface area (Å²) in [5.74, 6) is 0. The second-order valence-corrected chi connectivity index (χ2v) is 6.37. The van der Waals surface area contributed by atoms with Crippen molar-refractivity contribution in [2.75, 3.05) is 6.54 Å². The number of aryl methyl sites for hydroxylation is 1. The molecule has 2 rings (SSSR count). The van der Waals surface area contributed by atoms with Crippen molar-refractivity contribution in [3.05, 3.63) is 57.2 Å². The smallest absolute Gasteiger partial charge is 0.0406 e. The number of hydrogen-bond acceptors (Lipinski definition) is 2. The van der Waals surface area contributed by atoms with E-state index in [0.717, 1.165) is 24.4 Å². The summed E-state index contributed by atoms with van der Waals surface area (Å²) in [5.41, 5.74) is 2.81. The van der Waals surface area contributed by atoms with E-state index in [1.165, 1.54) is 24.0 Å². The van der Waals surface area contributed by atoms with E-state index in [1.807, 2.05) is 12.1 Å². The number of rotatable bonds is 8. The minimum atomic E-state index is 0.538. The first kappa shape index (κ1) is 15.6. The van der Waals surface area contributed by atoms with Gasteiger partial charge in [-0.25, -0.2) is 0 Å². The van der Waals surface area contributed by atoms with Gasteiger partial charge in [-0.15, -0.1) is 0 Å². The van der Waals surface area contributed by atoms with E-state index in [-0.39, 0.29) is 0 Å². The maximum atomic E-state index is 5.95. The van der Waals surface area contributed by atoms with E-state index < -0.39 is 0 Å². The summed E-state index contributed by atoms with van der Waals surface area (Å²) in [6.07, 6.45) is 4.58. The lowest BCUT2D eigenvalue weighted by atomic mass is 10.00. The molecular weight excluding hydrogens is 286 g/mol. The van der Waals surface area contributed by atoms with E-state index in [2.05, 4.69) is 41.2 Å². The Morgan fingerprint density at radius 1 is 1.15 bits per heavy atom. The SMILES string of the molecule is CCCNC(CCc1ccsc1)Cc1ccc(Cl)cc1. The van der Waals surface area contributed by atoms with E-state index >= 15 is 0 Å². The predicted octanol–water partition coefficient (Wildman–Crippen LogP) is 4.95. The lowest BCUT2D eigenvalue weighted by Gasteiger charge is -2.18. The van der Waals surface area contributed by atoms with Crippen LogP contribution in [0.1, 0.15) is 30.9 Å². The predicted molar refractivity (Wildman–Crippen MR) is 89.9 cm³/mol. The molecule has 0 amide bonds. The maximum absolute atomic E-state index is 5.95. The van der Waals surface area contributed by atoms with E-state index in [0.29, 0.717) is 6.04 Å². The van der Waals surface area contributed by atoms with E-state index in [4.69, 9.17) is 11.6 Å². The molecule has 1 atom stereocenters. The quantitative estimate of drug-likeness (QED) is 0.728. The third-order valence-corrected chi connectivity index (χ3v) is 4.42. The first-order chi connectivity index (χ1) is 9.78. The highest BCUT2D eigenvalue weighted by Crippen LogP contribution is 2.15. The van der Waals surface area contributed by atoms with Crippen LogP contribution in [0.2, 0.25) is 5.02 Å². The highest BCUT2D eigenvalue weighted by molar-refractivity contribution is 7.07. The molecule has 2 aromatic rings. The number of halogens is 1. The number of hydrogen-bond donors (Lipinski definition) is 1. The van der Waals surface area contributed by atoms with Crippen LogP contribution in [0, 0.1) is 0 Å². The van der Waals surface area contributed by atoms with E-state index in [1.54, 1.807) is 11.3 Å². The number of nitrogens with one attached hydrogen (secondary N) is 1. The van der Waals surface area contributed by atoms with Crippen LogP contribution in [0.4, 0.5) is 0 Å². The van der Waals surface area contributed by atoms with Crippen LogP contribution >= 0.6 is 22.9 Å². The van der Waals surface area contributed by atoms with Crippen LogP contribution in [0.25, 0.3) is 0 Å². The van der Waals surface area contributed by atoms with Gasteiger partial charge in [0.15, 0.2) is 0 Å². The highest BCUT2D eigenvalue weighted by atomic mass is 35.5. The molecule has 0 spiro atoms. The summed E-state index contributed by atoms with van der Waals surface area (Å²) in [6.45, 7) is 3.30. The van der Waals surface area contributed by atoms with Crippen LogP contribution in [0.15, 0.2) is 41.1 Å². The molecule has 1 aromatic carbocycles. The van der Waals surface area contributed by atoms with Crippen molar-refractivity contribution in [3.63, 3.8) is 0 Å². The van der Waals surface area contributed by atoms with Gasteiger partial charge in [-0.05, 0) is 72.3 Å². The average Bonchev–Trinajstić information content (AvgIpc) is 2.97. The van der Waals surface area contributed by atoms with Crippen LogP contribution in [0.3, 0.4) is 0 Å². The van der Waals surface area contributed by atoms with Crippen LogP contribution in [-0.2, 0) is 12.8 Å². The lowest BCUT2D eigenvalue weighted by Crippen LogP contribution is -2.32. The summed E-state index contributed by atoms with van der Waals surface area (Å²) in [4.78, 5) is 0. The van der Waals surface area contributed by atoms with Gasteiger partial charge in [-0.2, -0.15) is 11.3 Å². The molecule has 108 valence electrons. The Labute approximate surface area is 131 Å². The molecule has 1 unspecified atom stereocenters. The molecule has 0 saturated carbocycles. The fourth-order valence-corrected chi connectivity index (χ4v) is 3.13. The third-order valence-electron chi connectivity index (χ3n) is 3.44. The van der Waals surface area contributed by atoms with Gasteiger partial charge >= 0.3 is 0 Å². The topological polar surface area (TPSA) is 12.0 Å². The van der Waals surface area contributed by atoms with Crippen molar-refractivity contribution in [1.29, 1.82) is 0 Å². The molecule has 0 aliphatic carbocycles. The monoisotopic (exact) mass is 307 g/mol. The molecular formula is C17H22ClNS. The molecule has 1 aromatic heterocycles. The molecule has 1 N–H and O–H groups in total. The zero-order valence-corrected chi connectivity index (χ0v) is 13.5. The molecule has 3 heteroatoms. The second kappa shape index (κ2) is 8.46. The van der Waals surface area contributed by atoms with Crippen molar-refractivity contribution in [3.8, 4) is 0 Å². The minimum Gasteiger partial charge on any atom is -0.314 e. The van der Waals surface area contributed by atoms with Gasteiger partial charge in [-0.1, -0.05) is 30.7 Å². The normalized spacial score (nSPS) is 12.5. The molecule has 0 bridgehead atoms. The lowest BCUT2D eigenvalue weighted by molar-refractivity contribution is 0.478. The van der Waals surface area contributed by atoms with Crippen LogP contribution in [-0.4, -0.2) is 12.6 Å². The summed E-state index contributed by atoms with van der Waals surface area (Å²) < 4.78 is 0. The Hall–Kier alpha value is -0.830. The molecule has 1 heterocycles. The molecule has 0 fully saturated rings. The summed E-state index contributed by atoms with van der Waals surface area (Å²) in [7, 11) is 0. The Bertz CT molecular complexity index is 478. The van der Waals surface area contributed by atoms with Crippen LogP contribution < -0.4 is 5.32 Å². The number of thiophene rings is 1. The zero-order valence-electron chi connectivity index (χ0n) is 11.9. The Morgan fingerprint density at radius 2 is 1.95 bits per heavy atom. The van der Waals surface area contributed by atoms with Gasteiger partial charge in [0.1, 0.15) is 0 Å². The van der Waals surface area contributed by atoms with Gasteiger partial charge in [0.2, 0.25) is 0 Å². The summed E-state index contributed by atoms with van der Waals surface area (Å²) >= 11 is 7.73. The largest absolute Gasteiger partial charge is 0.314 e. The van der Waals surface area contributed by atoms with E-state index in [9.17, 15) is 0 Å². The second-order valence-electron chi connectivity index (χ2n) is 5.15. The fraction of sp³-hybridized carbons (Fsp3) is 0.412. The summed E-state index contributed by atoms with van der Waals surface area (Å²) in [5, 5.41) is 8.88. The summed E-state index contributed by atoms with van der Waals surface area (Å²) in [6, 6.07) is 11.0. The maximum Gasteiger partial charge on any atom is 0.0406 e. The Kier molecular flexibility index (Phi) is 6.58. The molecule has 20 heavy (non-hydrogen) atoms.